The van der Waals surface area contributed by atoms with Crippen LogP contribution in [0.1, 0.15) is 17.7 Å². The number of hydrogen-bond acceptors (Lipinski definition) is 4. The van der Waals surface area contributed by atoms with Gasteiger partial charge in [0.05, 0.1) is 16.9 Å². The van der Waals surface area contributed by atoms with Crippen LogP contribution in [0.15, 0.2) is 12.1 Å². The van der Waals surface area contributed by atoms with Crippen LogP contribution in [0.5, 0.6) is 0 Å². The van der Waals surface area contributed by atoms with Crippen LogP contribution >= 0.6 is 22.9 Å². The topological polar surface area (TPSA) is 64.4 Å². The van der Waals surface area contributed by atoms with Crippen LogP contribution in [0, 0.1) is 5.92 Å². The van der Waals surface area contributed by atoms with Gasteiger partial charge in [0.1, 0.15) is 0 Å². The normalized spacial score (nSPS) is 18.6. The summed E-state index contributed by atoms with van der Waals surface area (Å²) in [5.41, 5.74) is 5.97. The van der Waals surface area contributed by atoms with E-state index in [1.54, 1.807) is 0 Å². The van der Waals surface area contributed by atoms with Gasteiger partial charge in [0.2, 0.25) is 5.91 Å². The second-order valence-corrected chi connectivity index (χ2v) is 6.20. The average molecular weight is 289 g/mol. The lowest BCUT2D eigenvalue weighted by molar-refractivity contribution is -0.124. The molecule has 1 amide bonds. The maximum Gasteiger partial charge on any atom is 0.237 e. The molecule has 1 aliphatic heterocycles. The molecule has 100 valence electrons. The van der Waals surface area contributed by atoms with E-state index < -0.39 is 6.04 Å². The lowest BCUT2D eigenvalue weighted by atomic mass is 9.92. The fourth-order valence-corrected chi connectivity index (χ4v) is 3.06. The third-order valence-corrected chi connectivity index (χ3v) is 4.37. The summed E-state index contributed by atoms with van der Waals surface area (Å²) >= 11 is 7.29. The molecule has 1 saturated heterocycles. The van der Waals surface area contributed by atoms with Gasteiger partial charge in [-0.15, -0.1) is 11.3 Å². The van der Waals surface area contributed by atoms with Crippen LogP contribution in [0.25, 0.3) is 0 Å². The molecule has 3 N–H and O–H groups in total. The minimum Gasteiger partial charge on any atom is -0.381 e. The Hall–Kier alpha value is -0.620. The predicted octanol–water partition coefficient (Wildman–Crippen LogP) is 1.77. The van der Waals surface area contributed by atoms with Crippen molar-refractivity contribution in [1.82, 2.24) is 5.32 Å². The van der Waals surface area contributed by atoms with E-state index >= 15 is 0 Å². The van der Waals surface area contributed by atoms with E-state index in [0.717, 1.165) is 22.1 Å². The Kier molecular flexibility index (Phi) is 5.00. The molecule has 1 atom stereocenters. The van der Waals surface area contributed by atoms with Crippen LogP contribution in [0.4, 0.5) is 0 Å². The molecule has 18 heavy (non-hydrogen) atoms. The van der Waals surface area contributed by atoms with Crippen molar-refractivity contribution in [2.24, 2.45) is 11.7 Å². The van der Waals surface area contributed by atoms with Crippen molar-refractivity contribution in [3.63, 3.8) is 0 Å². The van der Waals surface area contributed by atoms with Crippen molar-refractivity contribution in [2.45, 2.75) is 25.4 Å². The number of nitrogens with one attached hydrogen (secondary N) is 1. The van der Waals surface area contributed by atoms with Gasteiger partial charge in [0.15, 0.2) is 0 Å². The van der Waals surface area contributed by atoms with Crippen LogP contribution in [-0.4, -0.2) is 25.2 Å². The summed E-state index contributed by atoms with van der Waals surface area (Å²) in [4.78, 5) is 13.0. The third kappa shape index (κ3) is 3.68. The number of rotatable bonds is 4. The van der Waals surface area contributed by atoms with Gasteiger partial charge in [-0.25, -0.2) is 0 Å². The molecule has 1 aliphatic rings. The molecular weight excluding hydrogens is 272 g/mol. The molecular formula is C12H17ClN2O2S. The Labute approximate surface area is 115 Å². The zero-order valence-corrected chi connectivity index (χ0v) is 11.6. The van der Waals surface area contributed by atoms with Gasteiger partial charge in [-0.3, -0.25) is 4.79 Å². The Bertz CT molecular complexity index is 405. The highest BCUT2D eigenvalue weighted by molar-refractivity contribution is 7.16. The predicted molar refractivity (Wildman–Crippen MR) is 72.7 cm³/mol. The summed E-state index contributed by atoms with van der Waals surface area (Å²) in [7, 11) is 0. The lowest BCUT2D eigenvalue weighted by Gasteiger charge is -2.26. The molecule has 0 radical (unpaired) electrons. The first-order valence-electron chi connectivity index (χ1n) is 6.02. The average Bonchev–Trinajstić information content (AvgIpc) is 2.82. The molecule has 0 spiro atoms. The maximum atomic E-state index is 11.9. The van der Waals surface area contributed by atoms with E-state index in [2.05, 4.69) is 5.32 Å². The van der Waals surface area contributed by atoms with Gasteiger partial charge in [-0.05, 0) is 30.9 Å². The highest BCUT2D eigenvalue weighted by Gasteiger charge is 2.26. The van der Waals surface area contributed by atoms with E-state index in [1.165, 1.54) is 11.3 Å². The Morgan fingerprint density at radius 3 is 2.89 bits per heavy atom. The van der Waals surface area contributed by atoms with Crippen LogP contribution in [-0.2, 0) is 16.1 Å². The van der Waals surface area contributed by atoms with Gasteiger partial charge in [-0.1, -0.05) is 11.6 Å². The highest BCUT2D eigenvalue weighted by Crippen LogP contribution is 2.21. The number of thiophene rings is 1. The molecule has 0 aromatic carbocycles. The molecule has 1 aromatic heterocycles. The molecule has 0 saturated carbocycles. The standard InChI is InChI=1S/C12H17ClN2O2S/c13-10-2-1-9(18-10)7-15-12(16)11(14)8-3-5-17-6-4-8/h1-2,8,11H,3-7,14H2,(H,15,16). The minimum atomic E-state index is -0.440. The first-order valence-corrected chi connectivity index (χ1v) is 7.21. The van der Waals surface area contributed by atoms with Crippen molar-refractivity contribution < 1.29 is 9.53 Å². The number of ether oxygens (including phenoxy) is 1. The molecule has 4 nitrogen and oxygen atoms in total. The number of hydrogen-bond donors (Lipinski definition) is 2. The van der Waals surface area contributed by atoms with Crippen LogP contribution < -0.4 is 11.1 Å². The van der Waals surface area contributed by atoms with Crippen molar-refractivity contribution in [1.29, 1.82) is 0 Å². The van der Waals surface area contributed by atoms with E-state index in [4.69, 9.17) is 22.1 Å². The summed E-state index contributed by atoms with van der Waals surface area (Å²) < 4.78 is 5.99. The highest BCUT2D eigenvalue weighted by atomic mass is 35.5. The van der Waals surface area contributed by atoms with Gasteiger partial charge < -0.3 is 15.8 Å². The van der Waals surface area contributed by atoms with E-state index in [-0.39, 0.29) is 11.8 Å². The van der Waals surface area contributed by atoms with E-state index in [1.807, 2.05) is 12.1 Å². The molecule has 0 aliphatic carbocycles. The molecule has 2 rings (SSSR count). The van der Waals surface area contributed by atoms with Crippen molar-refractivity contribution in [3.05, 3.63) is 21.3 Å². The number of halogens is 1. The molecule has 1 unspecified atom stereocenters. The smallest absolute Gasteiger partial charge is 0.237 e. The molecule has 6 heteroatoms. The molecule has 1 aromatic rings. The molecule has 2 heterocycles. The zero-order valence-electron chi connectivity index (χ0n) is 10.0. The number of amides is 1. The summed E-state index contributed by atoms with van der Waals surface area (Å²) in [6.45, 7) is 1.89. The quantitative estimate of drug-likeness (QED) is 0.887. The monoisotopic (exact) mass is 288 g/mol. The maximum absolute atomic E-state index is 11.9. The summed E-state index contributed by atoms with van der Waals surface area (Å²) in [5.74, 6) is 0.136. The third-order valence-electron chi connectivity index (χ3n) is 3.14. The minimum absolute atomic E-state index is 0.0913. The fraction of sp³-hybridized carbons (Fsp3) is 0.583. The van der Waals surface area contributed by atoms with Gasteiger partial charge in [-0.2, -0.15) is 0 Å². The first kappa shape index (κ1) is 13.8. The molecule has 1 fully saturated rings. The number of carbonyl (C=O) groups excluding carboxylic acids is 1. The first-order chi connectivity index (χ1) is 8.66. The van der Waals surface area contributed by atoms with Crippen molar-refractivity contribution in [2.75, 3.05) is 13.2 Å². The zero-order chi connectivity index (χ0) is 13.0. The number of carbonyl (C=O) groups is 1. The number of nitrogens with two attached hydrogens (primary N) is 1. The SMILES string of the molecule is NC(C(=O)NCc1ccc(Cl)s1)C1CCOCC1. The summed E-state index contributed by atoms with van der Waals surface area (Å²) in [5, 5.41) is 2.86. The Balaban J connectivity index is 1.79. The second kappa shape index (κ2) is 6.52. The van der Waals surface area contributed by atoms with Crippen molar-refractivity contribution in [3.8, 4) is 0 Å². The Morgan fingerprint density at radius 2 is 2.28 bits per heavy atom. The van der Waals surface area contributed by atoms with Crippen LogP contribution in [0.2, 0.25) is 4.34 Å². The summed E-state index contributed by atoms with van der Waals surface area (Å²) in [6, 6.07) is 3.30. The van der Waals surface area contributed by atoms with Gasteiger partial charge >= 0.3 is 0 Å². The fourth-order valence-electron chi connectivity index (χ4n) is 2.03. The lowest BCUT2D eigenvalue weighted by Crippen LogP contribution is -2.46. The van der Waals surface area contributed by atoms with Crippen LogP contribution in [0.3, 0.4) is 0 Å². The second-order valence-electron chi connectivity index (χ2n) is 4.40. The van der Waals surface area contributed by atoms with Gasteiger partial charge in [0.25, 0.3) is 0 Å². The van der Waals surface area contributed by atoms with E-state index in [0.29, 0.717) is 19.8 Å². The molecule has 0 bridgehead atoms. The van der Waals surface area contributed by atoms with E-state index in [9.17, 15) is 4.79 Å². The Morgan fingerprint density at radius 1 is 1.56 bits per heavy atom. The van der Waals surface area contributed by atoms with Gasteiger partial charge in [0, 0.05) is 18.1 Å². The van der Waals surface area contributed by atoms with Crippen molar-refractivity contribution >= 4 is 28.8 Å². The largest absolute Gasteiger partial charge is 0.381 e. The summed E-state index contributed by atoms with van der Waals surface area (Å²) in [6.07, 6.45) is 1.72.